The van der Waals surface area contributed by atoms with E-state index in [1.165, 1.54) is 13.0 Å². The number of rotatable bonds is 5. The van der Waals surface area contributed by atoms with Gasteiger partial charge in [-0.1, -0.05) is 30.3 Å². The van der Waals surface area contributed by atoms with Crippen LogP contribution in [0, 0.1) is 0 Å². The van der Waals surface area contributed by atoms with Crippen LogP contribution < -0.4 is 16.0 Å². The lowest BCUT2D eigenvalue weighted by Gasteiger charge is -2.09. The number of thiocarbonyl (C=S) groups is 1. The summed E-state index contributed by atoms with van der Waals surface area (Å²) in [7, 11) is 0. The van der Waals surface area contributed by atoms with Crippen molar-refractivity contribution in [3.05, 3.63) is 78.6 Å². The quantitative estimate of drug-likeness (QED) is 0.432. The van der Waals surface area contributed by atoms with Crippen LogP contribution in [-0.2, 0) is 9.59 Å². The van der Waals surface area contributed by atoms with Gasteiger partial charge in [0.1, 0.15) is 11.5 Å². The third-order valence-corrected chi connectivity index (χ3v) is 3.99. The number of benzene rings is 2. The second-order valence-electron chi connectivity index (χ2n) is 6.10. The summed E-state index contributed by atoms with van der Waals surface area (Å²) >= 11 is 5.14. The highest BCUT2D eigenvalue weighted by atomic mass is 32.1. The Hall–Kier alpha value is -3.71. The maximum absolute atomic E-state index is 12.1. The van der Waals surface area contributed by atoms with E-state index in [1.807, 2.05) is 36.4 Å². The van der Waals surface area contributed by atoms with E-state index >= 15 is 0 Å². The Bertz CT molecular complexity index is 1040. The third kappa shape index (κ3) is 6.15. The van der Waals surface area contributed by atoms with Crippen molar-refractivity contribution in [2.24, 2.45) is 0 Å². The van der Waals surface area contributed by atoms with Gasteiger partial charge in [-0.05, 0) is 54.7 Å². The van der Waals surface area contributed by atoms with Gasteiger partial charge in [-0.15, -0.1) is 0 Å². The van der Waals surface area contributed by atoms with Crippen molar-refractivity contribution in [2.45, 2.75) is 6.92 Å². The molecule has 146 valence electrons. The molecule has 2 aromatic carbocycles. The average Bonchev–Trinajstić information content (AvgIpc) is 3.17. The summed E-state index contributed by atoms with van der Waals surface area (Å²) in [6.45, 7) is 1.44. The van der Waals surface area contributed by atoms with Gasteiger partial charge >= 0.3 is 0 Å². The van der Waals surface area contributed by atoms with Gasteiger partial charge in [0.05, 0.1) is 0 Å². The Morgan fingerprint density at radius 1 is 0.897 bits per heavy atom. The summed E-state index contributed by atoms with van der Waals surface area (Å²) in [5.74, 6) is 0.764. The topological polar surface area (TPSA) is 83.4 Å². The second-order valence-corrected chi connectivity index (χ2v) is 6.51. The molecule has 0 fully saturated rings. The van der Waals surface area contributed by atoms with E-state index in [0.717, 1.165) is 11.3 Å². The predicted molar refractivity (Wildman–Crippen MR) is 118 cm³/mol. The lowest BCUT2D eigenvalue weighted by Crippen LogP contribution is -2.32. The molecule has 1 heterocycles. The van der Waals surface area contributed by atoms with Gasteiger partial charge in [-0.25, -0.2) is 0 Å². The van der Waals surface area contributed by atoms with E-state index in [0.29, 0.717) is 17.1 Å². The number of hydrogen-bond acceptors (Lipinski definition) is 4. The number of nitrogens with one attached hydrogen (secondary N) is 3. The van der Waals surface area contributed by atoms with Crippen molar-refractivity contribution in [1.29, 1.82) is 0 Å². The van der Waals surface area contributed by atoms with Crippen molar-refractivity contribution in [1.82, 2.24) is 5.32 Å². The maximum atomic E-state index is 12.1. The molecule has 0 aliphatic heterocycles. The van der Waals surface area contributed by atoms with Crippen LogP contribution in [0.3, 0.4) is 0 Å². The Morgan fingerprint density at radius 3 is 2.21 bits per heavy atom. The molecule has 6 nitrogen and oxygen atoms in total. The number of furan rings is 1. The number of amides is 2. The molecule has 3 rings (SSSR count). The van der Waals surface area contributed by atoms with E-state index in [9.17, 15) is 9.59 Å². The zero-order valence-electron chi connectivity index (χ0n) is 15.6. The average molecular weight is 405 g/mol. The molecule has 0 bridgehead atoms. The summed E-state index contributed by atoms with van der Waals surface area (Å²) in [6.07, 6.45) is 2.92. The van der Waals surface area contributed by atoms with Crippen LogP contribution in [-0.4, -0.2) is 16.9 Å². The first-order valence-corrected chi connectivity index (χ1v) is 9.23. The molecule has 1 aromatic heterocycles. The van der Waals surface area contributed by atoms with E-state index in [4.69, 9.17) is 16.6 Å². The molecule has 0 aliphatic rings. The Balaban J connectivity index is 1.52. The zero-order valence-corrected chi connectivity index (χ0v) is 16.5. The van der Waals surface area contributed by atoms with Gasteiger partial charge in [0.15, 0.2) is 5.11 Å². The highest BCUT2D eigenvalue weighted by Gasteiger charge is 2.05. The first-order valence-electron chi connectivity index (χ1n) is 8.82. The van der Waals surface area contributed by atoms with E-state index in [1.54, 1.807) is 36.4 Å². The molecule has 29 heavy (non-hydrogen) atoms. The largest absolute Gasteiger partial charge is 0.457 e. The zero-order chi connectivity index (χ0) is 20.6. The van der Waals surface area contributed by atoms with Crippen LogP contribution in [0.5, 0.6) is 0 Å². The van der Waals surface area contributed by atoms with E-state index in [2.05, 4.69) is 16.0 Å². The summed E-state index contributed by atoms with van der Waals surface area (Å²) < 4.78 is 5.71. The van der Waals surface area contributed by atoms with Crippen LogP contribution in [0.15, 0.2) is 77.2 Å². The third-order valence-electron chi connectivity index (χ3n) is 3.78. The van der Waals surface area contributed by atoms with Crippen LogP contribution in [0.25, 0.3) is 17.4 Å². The standard InChI is InChI=1S/C22H19N3O3S/c1-15(26)23-17-7-9-18(10-8-17)24-22(29)25-21(27)14-12-19-11-13-20(28-19)16-5-3-2-4-6-16/h2-14H,1H3,(H,23,26)(H2,24,25,27,29)/b14-12+. The normalized spacial score (nSPS) is 10.5. The maximum Gasteiger partial charge on any atom is 0.250 e. The number of carbonyl (C=O) groups is 2. The summed E-state index contributed by atoms with van der Waals surface area (Å²) in [5, 5.41) is 8.31. The molecule has 3 aromatic rings. The van der Waals surface area contributed by atoms with Gasteiger partial charge in [-0.3, -0.25) is 14.9 Å². The summed E-state index contributed by atoms with van der Waals surface area (Å²) in [6, 6.07) is 20.3. The molecule has 0 spiro atoms. The van der Waals surface area contributed by atoms with Gasteiger partial charge in [0.25, 0.3) is 0 Å². The molecule has 3 N–H and O–H groups in total. The molecule has 0 aliphatic carbocycles. The fraction of sp³-hybridized carbons (Fsp3) is 0.0455. The first kappa shape index (κ1) is 20.0. The molecule has 0 atom stereocenters. The van der Waals surface area contributed by atoms with E-state index in [-0.39, 0.29) is 16.9 Å². The number of anilines is 2. The van der Waals surface area contributed by atoms with Crippen LogP contribution >= 0.6 is 12.2 Å². The fourth-order valence-corrected chi connectivity index (χ4v) is 2.73. The summed E-state index contributed by atoms with van der Waals surface area (Å²) in [4.78, 5) is 23.1. The van der Waals surface area contributed by atoms with Crippen molar-refractivity contribution >= 4 is 46.6 Å². The van der Waals surface area contributed by atoms with Crippen LogP contribution in [0.2, 0.25) is 0 Å². The minimum atomic E-state index is -0.380. The molecular weight excluding hydrogens is 386 g/mol. The molecular formula is C22H19N3O3S. The smallest absolute Gasteiger partial charge is 0.250 e. The van der Waals surface area contributed by atoms with Crippen LogP contribution in [0.4, 0.5) is 11.4 Å². The number of hydrogen-bond donors (Lipinski definition) is 3. The van der Waals surface area contributed by atoms with Gasteiger partial charge < -0.3 is 15.1 Å². The van der Waals surface area contributed by atoms with Crippen molar-refractivity contribution in [2.75, 3.05) is 10.6 Å². The lowest BCUT2D eigenvalue weighted by atomic mass is 10.2. The highest BCUT2D eigenvalue weighted by Crippen LogP contribution is 2.22. The molecule has 2 amide bonds. The van der Waals surface area contributed by atoms with Crippen molar-refractivity contribution in [3.63, 3.8) is 0 Å². The van der Waals surface area contributed by atoms with Gasteiger partial charge in [0, 0.05) is 29.9 Å². The fourth-order valence-electron chi connectivity index (χ4n) is 2.51. The van der Waals surface area contributed by atoms with Crippen molar-refractivity contribution < 1.29 is 14.0 Å². The second kappa shape index (κ2) is 9.48. The first-order chi connectivity index (χ1) is 14.0. The monoisotopic (exact) mass is 405 g/mol. The van der Waals surface area contributed by atoms with E-state index < -0.39 is 0 Å². The Kier molecular flexibility index (Phi) is 6.55. The minimum Gasteiger partial charge on any atom is -0.457 e. The number of carbonyl (C=O) groups excluding carboxylic acids is 2. The minimum absolute atomic E-state index is 0.146. The SMILES string of the molecule is CC(=O)Nc1ccc(NC(=S)NC(=O)/C=C/c2ccc(-c3ccccc3)o2)cc1. The predicted octanol–water partition coefficient (Wildman–Crippen LogP) is 4.43. The Morgan fingerprint density at radius 2 is 1.55 bits per heavy atom. The molecule has 7 heteroatoms. The van der Waals surface area contributed by atoms with Gasteiger partial charge in [-0.2, -0.15) is 0 Å². The molecule has 0 unspecified atom stereocenters. The Labute approximate surface area is 173 Å². The molecule has 0 saturated carbocycles. The summed E-state index contributed by atoms with van der Waals surface area (Å²) in [5.41, 5.74) is 2.33. The molecule has 0 radical (unpaired) electrons. The molecule has 0 saturated heterocycles. The van der Waals surface area contributed by atoms with Crippen molar-refractivity contribution in [3.8, 4) is 11.3 Å². The van der Waals surface area contributed by atoms with Gasteiger partial charge in [0.2, 0.25) is 11.8 Å². The lowest BCUT2D eigenvalue weighted by molar-refractivity contribution is -0.115. The van der Waals surface area contributed by atoms with Crippen LogP contribution in [0.1, 0.15) is 12.7 Å². The highest BCUT2D eigenvalue weighted by molar-refractivity contribution is 7.80.